The van der Waals surface area contributed by atoms with E-state index in [-0.39, 0.29) is 11.5 Å². The number of amides is 1. The van der Waals surface area contributed by atoms with Gasteiger partial charge in [0.25, 0.3) is 11.5 Å². The Morgan fingerprint density at radius 1 is 1.16 bits per heavy atom. The molecule has 1 aliphatic heterocycles. The second kappa shape index (κ2) is 7.55. The van der Waals surface area contributed by atoms with E-state index in [0.29, 0.717) is 31.2 Å². The van der Waals surface area contributed by atoms with Gasteiger partial charge in [-0.1, -0.05) is 0 Å². The number of benzene rings is 1. The van der Waals surface area contributed by atoms with Crippen LogP contribution in [0.5, 0.6) is 5.75 Å². The van der Waals surface area contributed by atoms with Crippen molar-refractivity contribution in [3.8, 4) is 5.75 Å². The number of nitrogens with zero attached hydrogens (tertiary/aromatic N) is 2. The Labute approximate surface area is 147 Å². The van der Waals surface area contributed by atoms with Crippen molar-refractivity contribution >= 4 is 5.91 Å². The van der Waals surface area contributed by atoms with Crippen LogP contribution in [0.4, 0.5) is 0 Å². The lowest BCUT2D eigenvalue weighted by Crippen LogP contribution is -2.38. The third-order valence-corrected chi connectivity index (χ3v) is 4.79. The predicted octanol–water partition coefficient (Wildman–Crippen LogP) is 2.80. The molecule has 2 heterocycles. The predicted molar refractivity (Wildman–Crippen MR) is 97.2 cm³/mol. The van der Waals surface area contributed by atoms with Crippen molar-refractivity contribution in [2.75, 3.05) is 19.7 Å². The van der Waals surface area contributed by atoms with Crippen LogP contribution in [0.1, 0.15) is 41.6 Å². The van der Waals surface area contributed by atoms with Gasteiger partial charge < -0.3 is 14.2 Å². The molecular weight excluding hydrogens is 316 g/mol. The monoisotopic (exact) mass is 340 g/mol. The SMILES string of the molecule is CCOc1ccc(C(=O)N2CCC(c3ccn(C)c(=O)c3)CC2)cc1. The average molecular weight is 340 g/mol. The van der Waals surface area contributed by atoms with Crippen LogP contribution < -0.4 is 10.3 Å². The number of pyridine rings is 1. The van der Waals surface area contributed by atoms with E-state index in [1.807, 2.05) is 48.4 Å². The van der Waals surface area contributed by atoms with Gasteiger partial charge in [-0.15, -0.1) is 0 Å². The van der Waals surface area contributed by atoms with Gasteiger partial charge in [0.05, 0.1) is 6.61 Å². The lowest BCUT2D eigenvalue weighted by molar-refractivity contribution is 0.0713. The minimum atomic E-state index is 0.0189. The second-order valence-corrected chi connectivity index (χ2v) is 6.43. The van der Waals surface area contributed by atoms with E-state index in [2.05, 4.69) is 0 Å². The van der Waals surface area contributed by atoms with E-state index in [9.17, 15) is 9.59 Å². The molecule has 0 aliphatic carbocycles. The quantitative estimate of drug-likeness (QED) is 0.860. The Morgan fingerprint density at radius 2 is 1.84 bits per heavy atom. The topological polar surface area (TPSA) is 51.5 Å². The van der Waals surface area contributed by atoms with E-state index in [1.54, 1.807) is 17.7 Å². The first-order chi connectivity index (χ1) is 12.1. The van der Waals surface area contributed by atoms with Crippen molar-refractivity contribution in [3.05, 3.63) is 64.1 Å². The maximum atomic E-state index is 12.6. The number of carbonyl (C=O) groups excluding carboxylic acids is 1. The number of hydrogen-bond donors (Lipinski definition) is 0. The van der Waals surface area contributed by atoms with Crippen LogP contribution in [0.2, 0.25) is 0 Å². The Morgan fingerprint density at radius 3 is 2.44 bits per heavy atom. The van der Waals surface area contributed by atoms with Gasteiger partial charge in [-0.2, -0.15) is 0 Å². The number of likely N-dealkylation sites (tertiary alicyclic amines) is 1. The molecule has 5 nitrogen and oxygen atoms in total. The Balaban J connectivity index is 1.62. The van der Waals surface area contributed by atoms with Gasteiger partial charge in [0.2, 0.25) is 0 Å². The third kappa shape index (κ3) is 3.92. The first kappa shape index (κ1) is 17.3. The van der Waals surface area contributed by atoms with Gasteiger partial charge >= 0.3 is 0 Å². The number of aromatic nitrogens is 1. The summed E-state index contributed by atoms with van der Waals surface area (Å²) in [6.07, 6.45) is 3.58. The molecule has 0 bridgehead atoms. The van der Waals surface area contributed by atoms with Crippen molar-refractivity contribution in [1.29, 1.82) is 0 Å². The van der Waals surface area contributed by atoms with Crippen LogP contribution in [0.3, 0.4) is 0 Å². The fourth-order valence-corrected chi connectivity index (χ4v) is 3.28. The van der Waals surface area contributed by atoms with Crippen molar-refractivity contribution < 1.29 is 9.53 Å². The van der Waals surface area contributed by atoms with E-state index in [1.165, 1.54) is 0 Å². The summed E-state index contributed by atoms with van der Waals surface area (Å²) in [6.45, 7) is 3.98. The summed E-state index contributed by atoms with van der Waals surface area (Å²) in [5, 5.41) is 0. The standard InChI is InChI=1S/C20H24N2O3/c1-3-25-18-6-4-16(5-7-18)20(24)22-12-9-15(10-13-22)17-8-11-21(2)19(23)14-17/h4-8,11,14-15H,3,9-10,12-13H2,1-2H3. The molecular formula is C20H24N2O3. The lowest BCUT2D eigenvalue weighted by Gasteiger charge is -2.32. The van der Waals surface area contributed by atoms with Gasteiger partial charge in [-0.05, 0) is 61.6 Å². The van der Waals surface area contributed by atoms with Gasteiger partial charge in [0.15, 0.2) is 0 Å². The molecule has 1 aromatic heterocycles. The van der Waals surface area contributed by atoms with Crippen molar-refractivity contribution in [2.24, 2.45) is 7.05 Å². The van der Waals surface area contributed by atoms with Crippen LogP contribution in [-0.2, 0) is 7.05 Å². The maximum Gasteiger partial charge on any atom is 0.253 e. The fourth-order valence-electron chi connectivity index (χ4n) is 3.28. The summed E-state index contributed by atoms with van der Waals surface area (Å²) in [7, 11) is 1.75. The Kier molecular flexibility index (Phi) is 5.22. The highest BCUT2D eigenvalue weighted by molar-refractivity contribution is 5.94. The molecule has 1 fully saturated rings. The Hall–Kier alpha value is -2.56. The fraction of sp³-hybridized carbons (Fsp3) is 0.400. The zero-order chi connectivity index (χ0) is 17.8. The van der Waals surface area contributed by atoms with E-state index in [4.69, 9.17) is 4.74 Å². The summed E-state index contributed by atoms with van der Waals surface area (Å²) >= 11 is 0. The number of aryl methyl sites for hydroxylation is 1. The van der Waals surface area contributed by atoms with Crippen LogP contribution in [-0.4, -0.2) is 35.1 Å². The highest BCUT2D eigenvalue weighted by Crippen LogP contribution is 2.28. The van der Waals surface area contributed by atoms with Crippen molar-refractivity contribution in [2.45, 2.75) is 25.7 Å². The summed E-state index contributed by atoms with van der Waals surface area (Å²) in [5.74, 6) is 1.19. The summed E-state index contributed by atoms with van der Waals surface area (Å²) in [5.41, 5.74) is 1.79. The molecule has 1 aromatic carbocycles. The molecule has 25 heavy (non-hydrogen) atoms. The number of hydrogen-bond acceptors (Lipinski definition) is 3. The first-order valence-corrected chi connectivity index (χ1v) is 8.77. The van der Waals surface area contributed by atoms with Gasteiger partial charge in [0, 0.05) is 38.0 Å². The second-order valence-electron chi connectivity index (χ2n) is 6.43. The number of piperidine rings is 1. The largest absolute Gasteiger partial charge is 0.494 e. The van der Waals surface area contributed by atoms with Crippen molar-refractivity contribution in [3.63, 3.8) is 0 Å². The van der Waals surface area contributed by atoms with Gasteiger partial charge in [-0.25, -0.2) is 0 Å². The summed E-state index contributed by atoms with van der Waals surface area (Å²) in [6, 6.07) is 11.0. The number of ether oxygens (including phenoxy) is 1. The van der Waals surface area contributed by atoms with Crippen LogP contribution >= 0.6 is 0 Å². The average Bonchev–Trinajstić information content (AvgIpc) is 2.64. The number of carbonyl (C=O) groups is 1. The molecule has 2 aromatic rings. The Bertz CT molecular complexity index is 787. The molecule has 0 N–H and O–H groups in total. The van der Waals surface area contributed by atoms with E-state index in [0.717, 1.165) is 24.2 Å². The molecule has 3 rings (SSSR count). The molecule has 0 atom stereocenters. The van der Waals surface area contributed by atoms with Crippen LogP contribution in [0.25, 0.3) is 0 Å². The van der Waals surface area contributed by atoms with Crippen molar-refractivity contribution in [1.82, 2.24) is 9.47 Å². The van der Waals surface area contributed by atoms with E-state index < -0.39 is 0 Å². The highest BCUT2D eigenvalue weighted by atomic mass is 16.5. The summed E-state index contributed by atoms with van der Waals surface area (Å²) in [4.78, 5) is 26.3. The lowest BCUT2D eigenvalue weighted by atomic mass is 9.90. The first-order valence-electron chi connectivity index (χ1n) is 8.77. The highest BCUT2D eigenvalue weighted by Gasteiger charge is 2.24. The molecule has 1 aliphatic rings. The molecule has 0 radical (unpaired) electrons. The minimum Gasteiger partial charge on any atom is -0.494 e. The summed E-state index contributed by atoms with van der Waals surface area (Å²) < 4.78 is 6.99. The zero-order valence-corrected chi connectivity index (χ0v) is 14.8. The van der Waals surface area contributed by atoms with Crippen LogP contribution in [0.15, 0.2) is 47.4 Å². The van der Waals surface area contributed by atoms with Gasteiger partial charge in [0.1, 0.15) is 5.75 Å². The third-order valence-electron chi connectivity index (χ3n) is 4.79. The smallest absolute Gasteiger partial charge is 0.253 e. The van der Waals surface area contributed by atoms with E-state index >= 15 is 0 Å². The normalized spacial score (nSPS) is 15.2. The molecule has 0 saturated carbocycles. The zero-order valence-electron chi connectivity index (χ0n) is 14.8. The minimum absolute atomic E-state index is 0.0189. The molecule has 1 saturated heterocycles. The molecule has 0 unspecified atom stereocenters. The molecule has 5 heteroatoms. The van der Waals surface area contributed by atoms with Gasteiger partial charge in [-0.3, -0.25) is 9.59 Å². The molecule has 132 valence electrons. The number of rotatable bonds is 4. The molecule has 0 spiro atoms. The molecule has 1 amide bonds. The maximum absolute atomic E-state index is 12.6. The van der Waals surface area contributed by atoms with Crippen LogP contribution in [0, 0.1) is 0 Å².